The number of fused-ring (bicyclic) bond motifs is 1. The number of hydrogen-bond donors (Lipinski definition) is 1. The molecule has 1 aliphatic carbocycles. The highest BCUT2D eigenvalue weighted by molar-refractivity contribution is 6.04. The second-order valence-corrected chi connectivity index (χ2v) is 7.00. The summed E-state index contributed by atoms with van der Waals surface area (Å²) in [6.45, 7) is -0.174. The molecule has 1 amide bonds. The van der Waals surface area contributed by atoms with Gasteiger partial charge in [0, 0.05) is 35.8 Å². The van der Waals surface area contributed by atoms with Gasteiger partial charge < -0.3 is 14.6 Å². The Morgan fingerprint density at radius 3 is 2.67 bits per heavy atom. The molecule has 1 N–H and O–H groups in total. The fourth-order valence-corrected chi connectivity index (χ4v) is 3.79. The number of likely N-dealkylation sites (N-methyl/N-ethyl adjacent to an activating group) is 1. The second kappa shape index (κ2) is 8.09. The molecule has 6 nitrogen and oxygen atoms in total. The maximum absolute atomic E-state index is 12.8. The number of aliphatic carboxylic acids is 1. The fraction of sp³-hybridized carbons (Fsp3) is 0.381. The maximum Gasteiger partial charge on any atom is 0.323 e. The number of hydrogen-bond acceptors (Lipinski definition) is 3. The van der Waals surface area contributed by atoms with E-state index in [1.54, 1.807) is 28.8 Å². The van der Waals surface area contributed by atoms with E-state index in [-0.39, 0.29) is 24.1 Å². The normalized spacial score (nSPS) is 15.5. The Hall–Kier alpha value is -3.07. The molecule has 0 atom stereocenters. The van der Waals surface area contributed by atoms with Crippen LogP contribution in [0.5, 0.6) is 0 Å². The number of carboxylic acids is 1. The number of carboxylic acid groups (broad SMARTS) is 1. The van der Waals surface area contributed by atoms with Crippen LogP contribution < -0.4 is 0 Å². The van der Waals surface area contributed by atoms with E-state index in [2.05, 4.69) is 0 Å². The van der Waals surface area contributed by atoms with Crippen molar-refractivity contribution < 1.29 is 14.7 Å². The zero-order chi connectivity index (χ0) is 19.4. The Kier molecular flexibility index (Phi) is 5.60. The molecule has 1 heterocycles. The lowest BCUT2D eigenvalue weighted by atomic mass is 9.94. The van der Waals surface area contributed by atoms with E-state index in [1.165, 1.54) is 6.42 Å². The van der Waals surface area contributed by atoms with Gasteiger partial charge >= 0.3 is 5.97 Å². The number of rotatable bonds is 5. The van der Waals surface area contributed by atoms with Gasteiger partial charge in [-0.3, -0.25) is 9.59 Å². The van der Waals surface area contributed by atoms with E-state index in [0.29, 0.717) is 5.56 Å². The van der Waals surface area contributed by atoms with Crippen LogP contribution in [0.4, 0.5) is 0 Å². The average molecular weight is 365 g/mol. The molecule has 140 valence electrons. The molecule has 0 aliphatic heterocycles. The van der Waals surface area contributed by atoms with Gasteiger partial charge in [0.2, 0.25) is 0 Å². The first-order chi connectivity index (χ1) is 13.0. The summed E-state index contributed by atoms with van der Waals surface area (Å²) in [5.74, 6) is -1.22. The van der Waals surface area contributed by atoms with Crippen molar-refractivity contribution in [1.29, 1.82) is 5.26 Å². The van der Waals surface area contributed by atoms with Crippen molar-refractivity contribution >= 4 is 28.9 Å². The van der Waals surface area contributed by atoms with Gasteiger partial charge in [-0.2, -0.15) is 5.26 Å². The maximum atomic E-state index is 12.8. The molecule has 27 heavy (non-hydrogen) atoms. The first-order valence-electron chi connectivity index (χ1n) is 9.20. The van der Waals surface area contributed by atoms with E-state index in [1.807, 2.05) is 30.3 Å². The smallest absolute Gasteiger partial charge is 0.323 e. The van der Waals surface area contributed by atoms with Crippen molar-refractivity contribution in [2.45, 2.75) is 44.7 Å². The van der Waals surface area contributed by atoms with E-state index >= 15 is 0 Å². The Bertz CT molecular complexity index is 930. The van der Waals surface area contributed by atoms with Gasteiger partial charge in [-0.25, -0.2) is 0 Å². The minimum Gasteiger partial charge on any atom is -0.480 e. The summed E-state index contributed by atoms with van der Waals surface area (Å²) in [5.41, 5.74) is 1.51. The number of aromatic nitrogens is 1. The molecule has 1 aromatic carbocycles. The summed E-state index contributed by atoms with van der Waals surface area (Å²) < 4.78 is 1.62. The molecular weight excluding hydrogens is 342 g/mol. The zero-order valence-electron chi connectivity index (χ0n) is 15.4. The van der Waals surface area contributed by atoms with Crippen molar-refractivity contribution in [1.82, 2.24) is 9.47 Å². The number of amides is 1. The summed E-state index contributed by atoms with van der Waals surface area (Å²) in [4.78, 5) is 25.6. The topological polar surface area (TPSA) is 86.3 Å². The van der Waals surface area contributed by atoms with Crippen LogP contribution in [0.15, 0.2) is 36.0 Å². The van der Waals surface area contributed by atoms with Crippen molar-refractivity contribution in [3.63, 3.8) is 0 Å². The highest BCUT2D eigenvalue weighted by atomic mass is 16.4. The average Bonchev–Trinajstić information content (AvgIpc) is 3.02. The van der Waals surface area contributed by atoms with Gasteiger partial charge in [-0.15, -0.1) is 0 Å². The van der Waals surface area contributed by atoms with E-state index < -0.39 is 5.97 Å². The summed E-state index contributed by atoms with van der Waals surface area (Å²) in [6.07, 6.45) is 8.61. The molecule has 1 saturated carbocycles. The van der Waals surface area contributed by atoms with Crippen molar-refractivity contribution in [2.24, 2.45) is 0 Å². The minimum absolute atomic E-state index is 0.0706. The lowest BCUT2D eigenvalue weighted by Gasteiger charge is -2.31. The number of nitriles is 1. The fourth-order valence-electron chi connectivity index (χ4n) is 3.79. The molecule has 2 aromatic rings. The quantitative estimate of drug-likeness (QED) is 0.650. The SMILES string of the molecule is CN(C(=O)C(C#N)=Cc1cn(CC(=O)O)c2ccccc12)C1CCCCC1. The molecule has 1 fully saturated rings. The third-order valence-electron chi connectivity index (χ3n) is 5.22. The third-order valence-corrected chi connectivity index (χ3v) is 5.22. The predicted molar refractivity (Wildman–Crippen MR) is 103 cm³/mol. The van der Waals surface area contributed by atoms with Gasteiger partial charge in [0.05, 0.1) is 0 Å². The van der Waals surface area contributed by atoms with Gasteiger partial charge in [0.15, 0.2) is 0 Å². The van der Waals surface area contributed by atoms with Crippen LogP contribution >= 0.6 is 0 Å². The highest BCUT2D eigenvalue weighted by Crippen LogP contribution is 2.26. The van der Waals surface area contributed by atoms with Crippen LogP contribution in [-0.4, -0.2) is 39.5 Å². The number of nitrogens with zero attached hydrogens (tertiary/aromatic N) is 3. The van der Waals surface area contributed by atoms with Crippen LogP contribution in [0, 0.1) is 11.3 Å². The number of para-hydroxylation sites is 1. The molecule has 0 unspecified atom stereocenters. The lowest BCUT2D eigenvalue weighted by Crippen LogP contribution is -2.38. The Labute approximate surface area is 158 Å². The molecule has 0 bridgehead atoms. The second-order valence-electron chi connectivity index (χ2n) is 7.00. The van der Waals surface area contributed by atoms with Gasteiger partial charge in [-0.1, -0.05) is 37.5 Å². The van der Waals surface area contributed by atoms with Crippen LogP contribution in [0.25, 0.3) is 17.0 Å². The standard InChI is InChI=1S/C21H23N3O3/c1-23(17-7-3-2-4-8-17)21(27)15(12-22)11-16-13-24(14-20(25)26)19-10-6-5-9-18(16)19/h5-6,9-11,13,17H,2-4,7-8,14H2,1H3,(H,25,26). The molecular formula is C21H23N3O3. The summed E-state index contributed by atoms with van der Waals surface area (Å²) in [7, 11) is 1.76. The summed E-state index contributed by atoms with van der Waals surface area (Å²) in [6, 6.07) is 9.59. The Morgan fingerprint density at radius 2 is 2.00 bits per heavy atom. The molecule has 0 radical (unpaired) electrons. The Balaban J connectivity index is 1.94. The Morgan fingerprint density at radius 1 is 1.30 bits per heavy atom. The van der Waals surface area contributed by atoms with E-state index in [4.69, 9.17) is 5.11 Å². The van der Waals surface area contributed by atoms with E-state index in [9.17, 15) is 14.9 Å². The summed E-state index contributed by atoms with van der Waals surface area (Å²) >= 11 is 0. The number of carbonyl (C=O) groups excluding carboxylic acids is 1. The molecule has 0 spiro atoms. The van der Waals surface area contributed by atoms with Crippen LogP contribution in [-0.2, 0) is 16.1 Å². The first-order valence-corrected chi connectivity index (χ1v) is 9.20. The van der Waals surface area contributed by atoms with Gasteiger partial charge in [0.25, 0.3) is 5.91 Å². The predicted octanol–water partition coefficient (Wildman–Crippen LogP) is 3.42. The molecule has 3 rings (SSSR count). The van der Waals surface area contributed by atoms with Crippen molar-refractivity contribution in [2.75, 3.05) is 7.05 Å². The van der Waals surface area contributed by atoms with E-state index in [0.717, 1.165) is 36.6 Å². The van der Waals surface area contributed by atoms with Gasteiger partial charge in [-0.05, 0) is 25.0 Å². The zero-order valence-corrected chi connectivity index (χ0v) is 15.4. The van der Waals surface area contributed by atoms with Crippen LogP contribution in [0.2, 0.25) is 0 Å². The molecule has 1 aliphatic rings. The molecule has 6 heteroatoms. The lowest BCUT2D eigenvalue weighted by molar-refractivity contribution is -0.137. The summed E-state index contributed by atoms with van der Waals surface area (Å²) in [5, 5.41) is 19.5. The van der Waals surface area contributed by atoms with Crippen LogP contribution in [0.1, 0.15) is 37.7 Å². The monoisotopic (exact) mass is 365 g/mol. The largest absolute Gasteiger partial charge is 0.480 e. The number of carbonyl (C=O) groups is 2. The highest BCUT2D eigenvalue weighted by Gasteiger charge is 2.24. The molecule has 0 saturated heterocycles. The third kappa shape index (κ3) is 4.03. The van der Waals surface area contributed by atoms with Crippen molar-refractivity contribution in [3.05, 3.63) is 41.6 Å². The van der Waals surface area contributed by atoms with Gasteiger partial charge in [0.1, 0.15) is 18.2 Å². The number of benzene rings is 1. The first kappa shape index (κ1) is 18.7. The van der Waals surface area contributed by atoms with Crippen molar-refractivity contribution in [3.8, 4) is 6.07 Å². The minimum atomic E-state index is -0.945. The molecule has 1 aromatic heterocycles. The van der Waals surface area contributed by atoms with Crippen LogP contribution in [0.3, 0.4) is 0 Å².